The molecule has 0 radical (unpaired) electrons. The molecule has 0 aliphatic heterocycles. The molecule has 2 N–H and O–H groups in total. The standard InChI is InChI=1S/C15H23NO2/c16-14-6-8-15(9-7-14)18-11-10-17-12-13-4-2-1-3-5-13/h1-5,14-15H,6-12,16H2. The first-order valence-corrected chi connectivity index (χ1v) is 6.83. The Kier molecular flexibility index (Phi) is 5.65. The maximum absolute atomic E-state index is 5.86. The Morgan fingerprint density at radius 2 is 1.72 bits per heavy atom. The fourth-order valence-corrected chi connectivity index (χ4v) is 2.29. The second-order valence-corrected chi connectivity index (χ2v) is 4.95. The molecule has 18 heavy (non-hydrogen) atoms. The van der Waals surface area contributed by atoms with Crippen molar-refractivity contribution in [2.75, 3.05) is 13.2 Å². The van der Waals surface area contributed by atoms with Gasteiger partial charge in [-0.1, -0.05) is 30.3 Å². The molecule has 0 aromatic heterocycles. The summed E-state index contributed by atoms with van der Waals surface area (Å²) < 4.78 is 11.4. The van der Waals surface area contributed by atoms with Crippen molar-refractivity contribution >= 4 is 0 Å². The van der Waals surface area contributed by atoms with E-state index in [1.54, 1.807) is 0 Å². The molecule has 1 aliphatic rings. The molecule has 3 nitrogen and oxygen atoms in total. The molecule has 0 heterocycles. The summed E-state index contributed by atoms with van der Waals surface area (Å²) in [4.78, 5) is 0. The van der Waals surface area contributed by atoms with E-state index < -0.39 is 0 Å². The van der Waals surface area contributed by atoms with E-state index in [0.717, 1.165) is 25.7 Å². The Morgan fingerprint density at radius 3 is 2.44 bits per heavy atom. The summed E-state index contributed by atoms with van der Waals surface area (Å²) in [6, 6.07) is 10.6. The number of benzene rings is 1. The van der Waals surface area contributed by atoms with E-state index >= 15 is 0 Å². The molecular formula is C15H23NO2. The van der Waals surface area contributed by atoms with Crippen LogP contribution >= 0.6 is 0 Å². The van der Waals surface area contributed by atoms with Crippen LogP contribution < -0.4 is 5.73 Å². The van der Waals surface area contributed by atoms with E-state index in [4.69, 9.17) is 15.2 Å². The molecule has 2 rings (SSSR count). The highest BCUT2D eigenvalue weighted by Crippen LogP contribution is 2.19. The summed E-state index contributed by atoms with van der Waals surface area (Å²) in [6.07, 6.45) is 4.77. The van der Waals surface area contributed by atoms with Gasteiger partial charge in [-0.3, -0.25) is 0 Å². The molecule has 1 aromatic carbocycles. The largest absolute Gasteiger partial charge is 0.376 e. The van der Waals surface area contributed by atoms with Crippen molar-refractivity contribution in [3.05, 3.63) is 35.9 Å². The van der Waals surface area contributed by atoms with Crippen LogP contribution in [0.25, 0.3) is 0 Å². The number of nitrogens with two attached hydrogens (primary N) is 1. The molecule has 0 saturated heterocycles. The average Bonchev–Trinajstić information content (AvgIpc) is 2.42. The molecule has 100 valence electrons. The van der Waals surface area contributed by atoms with E-state index in [0.29, 0.717) is 32.0 Å². The molecule has 1 aromatic rings. The molecule has 1 saturated carbocycles. The fraction of sp³-hybridized carbons (Fsp3) is 0.600. The van der Waals surface area contributed by atoms with Gasteiger partial charge in [-0.2, -0.15) is 0 Å². The van der Waals surface area contributed by atoms with Crippen molar-refractivity contribution in [2.45, 2.75) is 44.4 Å². The van der Waals surface area contributed by atoms with Gasteiger partial charge in [-0.05, 0) is 31.2 Å². The van der Waals surface area contributed by atoms with Gasteiger partial charge in [0, 0.05) is 6.04 Å². The topological polar surface area (TPSA) is 44.5 Å². The molecule has 0 spiro atoms. The molecule has 0 bridgehead atoms. The maximum atomic E-state index is 5.86. The molecule has 0 unspecified atom stereocenters. The quantitative estimate of drug-likeness (QED) is 0.788. The summed E-state index contributed by atoms with van der Waals surface area (Å²) in [6.45, 7) is 2.02. The van der Waals surface area contributed by atoms with Crippen molar-refractivity contribution in [3.8, 4) is 0 Å². The lowest BCUT2D eigenvalue weighted by Gasteiger charge is -2.26. The maximum Gasteiger partial charge on any atom is 0.0718 e. The van der Waals surface area contributed by atoms with Crippen LogP contribution in [0.1, 0.15) is 31.2 Å². The van der Waals surface area contributed by atoms with Gasteiger partial charge >= 0.3 is 0 Å². The van der Waals surface area contributed by atoms with Crippen molar-refractivity contribution in [1.82, 2.24) is 0 Å². The predicted octanol–water partition coefficient (Wildman–Crippen LogP) is 2.49. The Balaban J connectivity index is 1.51. The highest BCUT2D eigenvalue weighted by Gasteiger charge is 2.18. The molecule has 1 fully saturated rings. The summed E-state index contributed by atoms with van der Waals surface area (Å²) in [7, 11) is 0. The molecule has 0 amide bonds. The van der Waals surface area contributed by atoms with Crippen LogP contribution in [0.4, 0.5) is 0 Å². The first-order valence-electron chi connectivity index (χ1n) is 6.83. The second kappa shape index (κ2) is 7.52. The number of rotatable bonds is 6. The van der Waals surface area contributed by atoms with Crippen LogP contribution in [0.5, 0.6) is 0 Å². The molecule has 1 aliphatic carbocycles. The Hall–Kier alpha value is -0.900. The van der Waals surface area contributed by atoms with E-state index in [2.05, 4.69) is 12.1 Å². The lowest BCUT2D eigenvalue weighted by atomic mass is 9.94. The van der Waals surface area contributed by atoms with E-state index in [-0.39, 0.29) is 0 Å². The molecule has 3 heteroatoms. The van der Waals surface area contributed by atoms with Gasteiger partial charge in [0.2, 0.25) is 0 Å². The van der Waals surface area contributed by atoms with Gasteiger partial charge < -0.3 is 15.2 Å². The molecular weight excluding hydrogens is 226 g/mol. The second-order valence-electron chi connectivity index (χ2n) is 4.95. The predicted molar refractivity (Wildman–Crippen MR) is 72.3 cm³/mol. The zero-order valence-electron chi connectivity index (χ0n) is 10.9. The molecule has 0 atom stereocenters. The van der Waals surface area contributed by atoms with Crippen LogP contribution in [0.15, 0.2) is 30.3 Å². The third-order valence-corrected chi connectivity index (χ3v) is 3.41. The van der Waals surface area contributed by atoms with Crippen molar-refractivity contribution in [3.63, 3.8) is 0 Å². The third kappa shape index (κ3) is 4.77. The van der Waals surface area contributed by atoms with Gasteiger partial charge in [-0.15, -0.1) is 0 Å². The van der Waals surface area contributed by atoms with E-state index in [1.165, 1.54) is 5.56 Å². The van der Waals surface area contributed by atoms with Crippen LogP contribution in [-0.4, -0.2) is 25.4 Å². The van der Waals surface area contributed by atoms with Crippen molar-refractivity contribution in [1.29, 1.82) is 0 Å². The average molecular weight is 249 g/mol. The van der Waals surface area contributed by atoms with Crippen LogP contribution in [0, 0.1) is 0 Å². The monoisotopic (exact) mass is 249 g/mol. The van der Waals surface area contributed by atoms with Crippen LogP contribution in [0.2, 0.25) is 0 Å². The van der Waals surface area contributed by atoms with Gasteiger partial charge in [0.05, 0.1) is 25.9 Å². The minimum atomic E-state index is 0.388. The van der Waals surface area contributed by atoms with Crippen molar-refractivity contribution < 1.29 is 9.47 Å². The highest BCUT2D eigenvalue weighted by molar-refractivity contribution is 5.13. The Labute approximate surface area is 109 Å². The van der Waals surface area contributed by atoms with Gasteiger partial charge in [0.25, 0.3) is 0 Å². The van der Waals surface area contributed by atoms with Crippen LogP contribution in [0.3, 0.4) is 0 Å². The van der Waals surface area contributed by atoms with Gasteiger partial charge in [0.1, 0.15) is 0 Å². The van der Waals surface area contributed by atoms with E-state index in [1.807, 2.05) is 18.2 Å². The fourth-order valence-electron chi connectivity index (χ4n) is 2.29. The van der Waals surface area contributed by atoms with E-state index in [9.17, 15) is 0 Å². The number of ether oxygens (including phenoxy) is 2. The normalized spacial score (nSPS) is 24.1. The number of hydrogen-bond acceptors (Lipinski definition) is 3. The summed E-state index contributed by atoms with van der Waals surface area (Å²) in [5.41, 5.74) is 7.07. The third-order valence-electron chi connectivity index (χ3n) is 3.41. The smallest absolute Gasteiger partial charge is 0.0718 e. The number of hydrogen-bond donors (Lipinski definition) is 1. The lowest BCUT2D eigenvalue weighted by Crippen LogP contribution is -2.30. The summed E-state index contributed by atoms with van der Waals surface area (Å²) >= 11 is 0. The minimum absolute atomic E-state index is 0.388. The lowest BCUT2D eigenvalue weighted by molar-refractivity contribution is -0.0155. The van der Waals surface area contributed by atoms with Gasteiger partial charge in [0.15, 0.2) is 0 Å². The summed E-state index contributed by atoms with van der Waals surface area (Å²) in [5.74, 6) is 0. The zero-order valence-corrected chi connectivity index (χ0v) is 10.9. The highest BCUT2D eigenvalue weighted by atomic mass is 16.5. The SMILES string of the molecule is NC1CCC(OCCOCc2ccccc2)CC1. The van der Waals surface area contributed by atoms with Crippen LogP contribution in [-0.2, 0) is 16.1 Å². The van der Waals surface area contributed by atoms with Crippen molar-refractivity contribution in [2.24, 2.45) is 5.73 Å². The Morgan fingerprint density at radius 1 is 1.00 bits per heavy atom. The minimum Gasteiger partial charge on any atom is -0.376 e. The first kappa shape index (κ1) is 13.5. The first-order chi connectivity index (χ1) is 8.84. The Bertz CT molecular complexity index is 321. The summed E-state index contributed by atoms with van der Waals surface area (Å²) in [5, 5.41) is 0. The zero-order chi connectivity index (χ0) is 12.6. The van der Waals surface area contributed by atoms with Gasteiger partial charge in [-0.25, -0.2) is 0 Å².